The van der Waals surface area contributed by atoms with Crippen molar-refractivity contribution in [1.29, 1.82) is 0 Å². The molecule has 1 N–H and O–H groups in total. The SMILES string of the molecule is Cc1nn(-c2ccc(Cl)cc2/C=C/C(=O)O)c(C)c1C. The van der Waals surface area contributed by atoms with E-state index in [2.05, 4.69) is 5.10 Å². The van der Waals surface area contributed by atoms with Crippen molar-refractivity contribution in [3.8, 4) is 5.69 Å². The molecular formula is C15H15ClN2O2. The number of aliphatic carboxylic acids is 1. The van der Waals surface area contributed by atoms with E-state index in [0.29, 0.717) is 10.6 Å². The lowest BCUT2D eigenvalue weighted by molar-refractivity contribution is -0.131. The summed E-state index contributed by atoms with van der Waals surface area (Å²) in [5.41, 5.74) is 4.61. The highest BCUT2D eigenvalue weighted by Gasteiger charge is 2.11. The number of benzene rings is 1. The molecule has 0 unspecified atom stereocenters. The average Bonchev–Trinajstić information content (AvgIpc) is 2.64. The quantitative estimate of drug-likeness (QED) is 0.880. The van der Waals surface area contributed by atoms with Crippen molar-refractivity contribution in [3.05, 3.63) is 51.8 Å². The van der Waals surface area contributed by atoms with Gasteiger partial charge in [-0.15, -0.1) is 0 Å². The molecule has 1 aromatic heterocycles. The van der Waals surface area contributed by atoms with Gasteiger partial charge in [0.05, 0.1) is 11.4 Å². The lowest BCUT2D eigenvalue weighted by Gasteiger charge is -2.09. The van der Waals surface area contributed by atoms with Crippen LogP contribution < -0.4 is 0 Å². The molecule has 0 saturated carbocycles. The Morgan fingerprint density at radius 1 is 1.35 bits per heavy atom. The number of hydrogen-bond acceptors (Lipinski definition) is 2. The van der Waals surface area contributed by atoms with Crippen molar-refractivity contribution < 1.29 is 9.90 Å². The molecule has 20 heavy (non-hydrogen) atoms. The zero-order chi connectivity index (χ0) is 14.9. The summed E-state index contributed by atoms with van der Waals surface area (Å²) >= 11 is 5.98. The standard InChI is InChI=1S/C15H15ClN2O2/c1-9-10(2)17-18(11(9)3)14-6-5-13(16)8-12(14)4-7-15(19)20/h4-8H,1-3H3,(H,19,20)/b7-4+. The molecule has 0 spiro atoms. The number of carboxylic acids is 1. The molecule has 1 aromatic carbocycles. The number of aromatic nitrogens is 2. The van der Waals surface area contributed by atoms with E-state index in [-0.39, 0.29) is 0 Å². The summed E-state index contributed by atoms with van der Waals surface area (Å²) in [5, 5.41) is 13.8. The Labute approximate surface area is 122 Å². The van der Waals surface area contributed by atoms with Crippen LogP contribution in [0.1, 0.15) is 22.5 Å². The minimum absolute atomic E-state index is 0.553. The molecule has 4 nitrogen and oxygen atoms in total. The molecule has 104 valence electrons. The van der Waals surface area contributed by atoms with Gasteiger partial charge in [0.25, 0.3) is 0 Å². The van der Waals surface area contributed by atoms with Gasteiger partial charge in [-0.3, -0.25) is 0 Å². The summed E-state index contributed by atoms with van der Waals surface area (Å²) in [5.74, 6) is -1.000. The predicted octanol–water partition coefficient (Wildman–Crippen LogP) is 3.55. The van der Waals surface area contributed by atoms with Crippen LogP contribution in [0.4, 0.5) is 0 Å². The molecule has 0 saturated heterocycles. The smallest absolute Gasteiger partial charge is 0.328 e. The molecule has 0 aliphatic rings. The van der Waals surface area contributed by atoms with Gasteiger partial charge in [-0.1, -0.05) is 11.6 Å². The number of halogens is 1. The maximum Gasteiger partial charge on any atom is 0.328 e. The van der Waals surface area contributed by atoms with Crippen molar-refractivity contribution in [2.24, 2.45) is 0 Å². The Morgan fingerprint density at radius 3 is 2.60 bits per heavy atom. The lowest BCUT2D eigenvalue weighted by atomic mass is 10.1. The lowest BCUT2D eigenvalue weighted by Crippen LogP contribution is -2.02. The van der Waals surface area contributed by atoms with E-state index in [1.807, 2.05) is 31.5 Å². The van der Waals surface area contributed by atoms with E-state index in [1.54, 1.807) is 12.1 Å². The number of nitrogens with zero attached hydrogens (tertiary/aromatic N) is 2. The summed E-state index contributed by atoms with van der Waals surface area (Å²) in [6, 6.07) is 5.33. The monoisotopic (exact) mass is 290 g/mol. The van der Waals surface area contributed by atoms with E-state index in [1.165, 1.54) is 6.08 Å². The number of carbonyl (C=O) groups is 1. The summed E-state index contributed by atoms with van der Waals surface area (Å²) in [7, 11) is 0. The molecule has 1 heterocycles. The zero-order valence-electron chi connectivity index (χ0n) is 11.5. The van der Waals surface area contributed by atoms with Gasteiger partial charge in [0, 0.05) is 22.4 Å². The third kappa shape index (κ3) is 2.75. The fourth-order valence-electron chi connectivity index (χ4n) is 1.97. The third-order valence-electron chi connectivity index (χ3n) is 3.28. The fourth-order valence-corrected chi connectivity index (χ4v) is 2.15. The van der Waals surface area contributed by atoms with Crippen LogP contribution in [0.3, 0.4) is 0 Å². The molecular weight excluding hydrogens is 276 g/mol. The van der Waals surface area contributed by atoms with Gasteiger partial charge in [0.2, 0.25) is 0 Å². The predicted molar refractivity (Wildman–Crippen MR) is 79.5 cm³/mol. The molecule has 5 heteroatoms. The topological polar surface area (TPSA) is 55.1 Å². The highest BCUT2D eigenvalue weighted by Crippen LogP contribution is 2.24. The molecule has 2 aromatic rings. The number of rotatable bonds is 3. The maximum absolute atomic E-state index is 10.7. The second kappa shape index (κ2) is 5.51. The Bertz CT molecular complexity index is 702. The van der Waals surface area contributed by atoms with Gasteiger partial charge in [-0.05, 0) is 50.6 Å². The Morgan fingerprint density at radius 2 is 2.05 bits per heavy atom. The Kier molecular flexibility index (Phi) is 3.95. The van der Waals surface area contributed by atoms with Crippen LogP contribution >= 0.6 is 11.6 Å². The third-order valence-corrected chi connectivity index (χ3v) is 3.51. The summed E-state index contributed by atoms with van der Waals surface area (Å²) in [6.45, 7) is 5.94. The van der Waals surface area contributed by atoms with Gasteiger partial charge in [-0.2, -0.15) is 5.10 Å². The van der Waals surface area contributed by atoms with Gasteiger partial charge in [-0.25, -0.2) is 9.48 Å². The van der Waals surface area contributed by atoms with Crippen molar-refractivity contribution in [3.63, 3.8) is 0 Å². The second-order valence-corrected chi connectivity index (χ2v) is 5.02. The van der Waals surface area contributed by atoms with Gasteiger partial charge >= 0.3 is 5.97 Å². The summed E-state index contributed by atoms with van der Waals surface area (Å²) < 4.78 is 1.81. The van der Waals surface area contributed by atoms with Crippen LogP contribution in [0.15, 0.2) is 24.3 Å². The van der Waals surface area contributed by atoms with Crippen LogP contribution in [0.2, 0.25) is 5.02 Å². The largest absolute Gasteiger partial charge is 0.478 e. The van der Waals surface area contributed by atoms with E-state index in [4.69, 9.17) is 16.7 Å². The van der Waals surface area contributed by atoms with Gasteiger partial charge in [0.1, 0.15) is 0 Å². The Hall–Kier alpha value is -2.07. The fraction of sp³-hybridized carbons (Fsp3) is 0.200. The van der Waals surface area contributed by atoms with Crippen LogP contribution in [0.5, 0.6) is 0 Å². The highest BCUT2D eigenvalue weighted by atomic mass is 35.5. The minimum atomic E-state index is -1.000. The van der Waals surface area contributed by atoms with E-state index >= 15 is 0 Å². The first-order valence-corrected chi connectivity index (χ1v) is 6.51. The second-order valence-electron chi connectivity index (χ2n) is 4.58. The number of hydrogen-bond donors (Lipinski definition) is 1. The Balaban J connectivity index is 2.61. The normalized spacial score (nSPS) is 11.2. The van der Waals surface area contributed by atoms with Crippen molar-refractivity contribution in [1.82, 2.24) is 9.78 Å². The molecule has 0 aliphatic heterocycles. The van der Waals surface area contributed by atoms with Crippen LogP contribution in [0.25, 0.3) is 11.8 Å². The average molecular weight is 291 g/mol. The van der Waals surface area contributed by atoms with Crippen LogP contribution in [-0.4, -0.2) is 20.9 Å². The van der Waals surface area contributed by atoms with Crippen molar-refractivity contribution in [2.45, 2.75) is 20.8 Å². The van der Waals surface area contributed by atoms with Crippen molar-refractivity contribution in [2.75, 3.05) is 0 Å². The molecule has 2 rings (SSSR count). The minimum Gasteiger partial charge on any atom is -0.478 e. The molecule has 0 amide bonds. The highest BCUT2D eigenvalue weighted by molar-refractivity contribution is 6.30. The summed E-state index contributed by atoms with van der Waals surface area (Å²) in [4.78, 5) is 10.7. The van der Waals surface area contributed by atoms with Crippen LogP contribution in [-0.2, 0) is 4.79 Å². The number of aryl methyl sites for hydroxylation is 1. The van der Waals surface area contributed by atoms with E-state index in [0.717, 1.165) is 28.7 Å². The number of carboxylic acid groups (broad SMARTS) is 1. The molecule has 0 radical (unpaired) electrons. The van der Waals surface area contributed by atoms with E-state index in [9.17, 15) is 4.79 Å². The van der Waals surface area contributed by atoms with Crippen LogP contribution in [0, 0.1) is 20.8 Å². The first-order chi connectivity index (χ1) is 9.40. The van der Waals surface area contributed by atoms with Crippen molar-refractivity contribution >= 4 is 23.6 Å². The van der Waals surface area contributed by atoms with E-state index < -0.39 is 5.97 Å². The van der Waals surface area contributed by atoms with Gasteiger partial charge < -0.3 is 5.11 Å². The molecule has 0 bridgehead atoms. The molecule has 0 fully saturated rings. The summed E-state index contributed by atoms with van der Waals surface area (Å²) in [6.07, 6.45) is 2.61. The first kappa shape index (κ1) is 14.3. The van der Waals surface area contributed by atoms with Gasteiger partial charge in [0.15, 0.2) is 0 Å². The molecule has 0 aliphatic carbocycles. The zero-order valence-corrected chi connectivity index (χ0v) is 12.3. The molecule has 0 atom stereocenters. The maximum atomic E-state index is 10.7. The first-order valence-electron chi connectivity index (χ1n) is 6.14.